The first-order valence-corrected chi connectivity index (χ1v) is 7.26. The summed E-state index contributed by atoms with van der Waals surface area (Å²) in [5.74, 6) is -0.178. The lowest BCUT2D eigenvalue weighted by Gasteiger charge is -2.32. The van der Waals surface area contributed by atoms with Crippen LogP contribution in [0.3, 0.4) is 0 Å². The fourth-order valence-electron chi connectivity index (χ4n) is 2.75. The quantitative estimate of drug-likeness (QED) is 0.798. The Morgan fingerprint density at radius 1 is 1.32 bits per heavy atom. The maximum absolute atomic E-state index is 11.9. The Kier molecular flexibility index (Phi) is 5.81. The van der Waals surface area contributed by atoms with E-state index in [1.807, 2.05) is 13.8 Å². The van der Waals surface area contributed by atoms with E-state index in [-0.39, 0.29) is 35.7 Å². The minimum absolute atomic E-state index is 0.0203. The molecule has 19 heavy (non-hydrogen) atoms. The topological polar surface area (TPSA) is 61.5 Å². The molecule has 0 saturated carbocycles. The van der Waals surface area contributed by atoms with Gasteiger partial charge >= 0.3 is 5.97 Å². The Morgan fingerprint density at radius 2 is 1.84 bits per heavy atom. The number of hydrogen-bond acceptors (Lipinski definition) is 4. The van der Waals surface area contributed by atoms with Gasteiger partial charge in [0.1, 0.15) is 6.10 Å². The summed E-state index contributed by atoms with van der Waals surface area (Å²) in [5.41, 5.74) is 6.14. The molecule has 0 spiro atoms. The number of nitrogens with two attached hydrogens (primary N) is 1. The summed E-state index contributed by atoms with van der Waals surface area (Å²) < 4.78 is 11.1. The van der Waals surface area contributed by atoms with Gasteiger partial charge in [-0.2, -0.15) is 0 Å². The molecule has 4 nitrogen and oxygen atoms in total. The molecule has 1 fully saturated rings. The van der Waals surface area contributed by atoms with Crippen LogP contribution in [0.4, 0.5) is 0 Å². The fraction of sp³-hybridized carbons (Fsp3) is 0.933. The van der Waals surface area contributed by atoms with E-state index < -0.39 is 0 Å². The summed E-state index contributed by atoms with van der Waals surface area (Å²) in [6, 6.07) is -0.123. The first-order chi connectivity index (χ1) is 8.65. The third kappa shape index (κ3) is 6.92. The van der Waals surface area contributed by atoms with Crippen molar-refractivity contribution in [3.63, 3.8) is 0 Å². The summed E-state index contributed by atoms with van der Waals surface area (Å²) in [6.07, 6.45) is 2.98. The Balaban J connectivity index is 2.34. The molecule has 1 heterocycles. The lowest BCUT2D eigenvalue weighted by Crippen LogP contribution is -2.37. The SMILES string of the molecule is CC1CC(OC(=O)CC(N)CC(C)(C)C)CC(C)O1. The Bertz CT molecular complexity index is 288. The van der Waals surface area contributed by atoms with Crippen LogP contribution in [0.15, 0.2) is 0 Å². The Labute approximate surface area is 117 Å². The molecule has 3 atom stereocenters. The summed E-state index contributed by atoms with van der Waals surface area (Å²) in [4.78, 5) is 11.9. The number of rotatable bonds is 4. The van der Waals surface area contributed by atoms with Gasteiger partial charge in [-0.3, -0.25) is 4.79 Å². The van der Waals surface area contributed by atoms with Crippen molar-refractivity contribution in [2.45, 2.75) is 84.7 Å². The minimum Gasteiger partial charge on any atom is -0.462 e. The van der Waals surface area contributed by atoms with Gasteiger partial charge in [0, 0.05) is 18.9 Å². The molecule has 1 aliphatic rings. The number of esters is 1. The van der Waals surface area contributed by atoms with Crippen molar-refractivity contribution in [3.05, 3.63) is 0 Å². The van der Waals surface area contributed by atoms with Crippen LogP contribution < -0.4 is 5.73 Å². The summed E-state index contributed by atoms with van der Waals surface area (Å²) in [6.45, 7) is 10.4. The van der Waals surface area contributed by atoms with E-state index in [1.54, 1.807) is 0 Å². The van der Waals surface area contributed by atoms with Crippen molar-refractivity contribution in [1.29, 1.82) is 0 Å². The predicted molar refractivity (Wildman–Crippen MR) is 75.8 cm³/mol. The minimum atomic E-state index is -0.178. The van der Waals surface area contributed by atoms with Crippen LogP contribution in [-0.2, 0) is 14.3 Å². The molecule has 0 aliphatic carbocycles. The number of ether oxygens (including phenoxy) is 2. The van der Waals surface area contributed by atoms with Crippen LogP contribution in [0.1, 0.15) is 60.3 Å². The molecule has 0 radical (unpaired) electrons. The number of hydrogen-bond donors (Lipinski definition) is 1. The number of carbonyl (C=O) groups excluding carboxylic acids is 1. The van der Waals surface area contributed by atoms with Crippen molar-refractivity contribution < 1.29 is 14.3 Å². The zero-order valence-corrected chi connectivity index (χ0v) is 12.9. The molecule has 0 bridgehead atoms. The van der Waals surface area contributed by atoms with Gasteiger partial charge < -0.3 is 15.2 Å². The highest BCUT2D eigenvalue weighted by atomic mass is 16.6. The molecule has 0 aromatic heterocycles. The molecule has 0 amide bonds. The molecular weight excluding hydrogens is 242 g/mol. The zero-order valence-electron chi connectivity index (χ0n) is 12.9. The van der Waals surface area contributed by atoms with Crippen LogP contribution in [0.5, 0.6) is 0 Å². The molecule has 1 saturated heterocycles. The molecular formula is C15H29NO3. The number of carbonyl (C=O) groups is 1. The molecule has 0 aromatic carbocycles. The van der Waals surface area contributed by atoms with E-state index in [1.165, 1.54) is 0 Å². The van der Waals surface area contributed by atoms with Crippen LogP contribution in [-0.4, -0.2) is 30.3 Å². The van der Waals surface area contributed by atoms with E-state index in [9.17, 15) is 4.79 Å². The van der Waals surface area contributed by atoms with E-state index in [0.29, 0.717) is 6.42 Å². The van der Waals surface area contributed by atoms with Gasteiger partial charge in [0.2, 0.25) is 0 Å². The molecule has 112 valence electrons. The molecule has 1 aliphatic heterocycles. The Hall–Kier alpha value is -0.610. The summed E-state index contributed by atoms with van der Waals surface area (Å²) in [7, 11) is 0. The first-order valence-electron chi connectivity index (χ1n) is 7.26. The van der Waals surface area contributed by atoms with Crippen molar-refractivity contribution in [2.24, 2.45) is 11.1 Å². The van der Waals surface area contributed by atoms with Crippen LogP contribution in [0.25, 0.3) is 0 Å². The average Bonchev–Trinajstić information content (AvgIpc) is 2.10. The predicted octanol–water partition coefficient (Wildman–Crippen LogP) is 2.64. The highest BCUT2D eigenvalue weighted by molar-refractivity contribution is 5.70. The smallest absolute Gasteiger partial charge is 0.307 e. The second-order valence-corrected chi connectivity index (χ2v) is 7.07. The van der Waals surface area contributed by atoms with Crippen LogP contribution in [0.2, 0.25) is 0 Å². The van der Waals surface area contributed by atoms with Crippen LogP contribution in [0, 0.1) is 5.41 Å². The highest BCUT2D eigenvalue weighted by Gasteiger charge is 2.28. The normalized spacial score (nSPS) is 29.9. The van der Waals surface area contributed by atoms with E-state index in [0.717, 1.165) is 19.3 Å². The Morgan fingerprint density at radius 3 is 2.32 bits per heavy atom. The van der Waals surface area contributed by atoms with Crippen molar-refractivity contribution >= 4 is 5.97 Å². The first kappa shape index (κ1) is 16.4. The lowest BCUT2D eigenvalue weighted by molar-refractivity contribution is -0.160. The monoisotopic (exact) mass is 271 g/mol. The third-order valence-electron chi connectivity index (χ3n) is 3.26. The summed E-state index contributed by atoms with van der Waals surface area (Å²) >= 11 is 0. The average molecular weight is 271 g/mol. The van der Waals surface area contributed by atoms with Gasteiger partial charge in [-0.1, -0.05) is 20.8 Å². The van der Waals surface area contributed by atoms with E-state index in [2.05, 4.69) is 20.8 Å². The van der Waals surface area contributed by atoms with Gasteiger partial charge in [0.25, 0.3) is 0 Å². The standard InChI is InChI=1S/C15H29NO3/c1-10-6-13(7-11(2)18-10)19-14(17)8-12(16)9-15(3,4)5/h10-13H,6-9,16H2,1-5H3. The van der Waals surface area contributed by atoms with E-state index in [4.69, 9.17) is 15.2 Å². The second kappa shape index (κ2) is 6.71. The van der Waals surface area contributed by atoms with E-state index >= 15 is 0 Å². The molecule has 1 rings (SSSR count). The van der Waals surface area contributed by atoms with Crippen molar-refractivity contribution in [2.75, 3.05) is 0 Å². The lowest BCUT2D eigenvalue weighted by atomic mass is 9.87. The molecule has 0 aromatic rings. The van der Waals surface area contributed by atoms with Gasteiger partial charge in [-0.25, -0.2) is 0 Å². The van der Waals surface area contributed by atoms with Gasteiger partial charge in [0.05, 0.1) is 18.6 Å². The van der Waals surface area contributed by atoms with Crippen molar-refractivity contribution in [3.8, 4) is 0 Å². The molecule has 2 N–H and O–H groups in total. The molecule has 4 heteroatoms. The second-order valence-electron chi connectivity index (χ2n) is 7.07. The van der Waals surface area contributed by atoms with Crippen LogP contribution >= 0.6 is 0 Å². The maximum atomic E-state index is 11.9. The molecule has 3 unspecified atom stereocenters. The largest absolute Gasteiger partial charge is 0.462 e. The zero-order chi connectivity index (χ0) is 14.6. The maximum Gasteiger partial charge on any atom is 0.307 e. The third-order valence-corrected chi connectivity index (χ3v) is 3.26. The fourth-order valence-corrected chi connectivity index (χ4v) is 2.75. The van der Waals surface area contributed by atoms with Gasteiger partial charge in [-0.15, -0.1) is 0 Å². The van der Waals surface area contributed by atoms with Crippen molar-refractivity contribution in [1.82, 2.24) is 0 Å². The van der Waals surface area contributed by atoms with Gasteiger partial charge in [0.15, 0.2) is 0 Å². The summed E-state index contributed by atoms with van der Waals surface area (Å²) in [5, 5.41) is 0. The van der Waals surface area contributed by atoms with Gasteiger partial charge in [-0.05, 0) is 25.7 Å². The highest BCUT2D eigenvalue weighted by Crippen LogP contribution is 2.24.